The molecular formula is C20H25N3O. The highest BCUT2D eigenvalue weighted by atomic mass is 16.1. The highest BCUT2D eigenvalue weighted by Crippen LogP contribution is 2.47. The van der Waals surface area contributed by atoms with E-state index in [-0.39, 0.29) is 5.91 Å². The van der Waals surface area contributed by atoms with E-state index in [1.807, 2.05) is 29.1 Å². The molecule has 4 nitrogen and oxygen atoms in total. The van der Waals surface area contributed by atoms with E-state index in [2.05, 4.69) is 22.5 Å². The molecular weight excluding hydrogens is 298 g/mol. The third-order valence-corrected chi connectivity index (χ3v) is 5.84. The Morgan fingerprint density at radius 2 is 2.04 bits per heavy atom. The summed E-state index contributed by atoms with van der Waals surface area (Å²) in [6.45, 7) is 1.52. The molecule has 1 heterocycles. The molecule has 1 aromatic carbocycles. The maximum absolute atomic E-state index is 12.4. The van der Waals surface area contributed by atoms with Gasteiger partial charge in [0.2, 0.25) is 0 Å². The molecule has 2 saturated carbocycles. The SMILES string of the molecule is O=C(NC[C@H]1CC[C@@H]2CCC[C@@H]21)c1cnn(Cc2ccccc2)c1. The van der Waals surface area contributed by atoms with Crippen molar-refractivity contribution in [1.82, 2.24) is 15.1 Å². The van der Waals surface area contributed by atoms with Crippen LogP contribution in [0, 0.1) is 17.8 Å². The average Bonchev–Trinajstić information content (AvgIpc) is 3.31. The number of benzene rings is 1. The summed E-state index contributed by atoms with van der Waals surface area (Å²) in [6, 6.07) is 10.2. The summed E-state index contributed by atoms with van der Waals surface area (Å²) < 4.78 is 1.83. The van der Waals surface area contributed by atoms with Crippen molar-refractivity contribution in [2.45, 2.75) is 38.6 Å². The molecule has 1 N–H and O–H groups in total. The van der Waals surface area contributed by atoms with E-state index in [1.165, 1.54) is 37.7 Å². The molecule has 0 aliphatic heterocycles. The van der Waals surface area contributed by atoms with Crippen LogP contribution >= 0.6 is 0 Å². The van der Waals surface area contributed by atoms with Crippen molar-refractivity contribution in [2.75, 3.05) is 6.54 Å². The number of fused-ring (bicyclic) bond motifs is 1. The van der Waals surface area contributed by atoms with Crippen LogP contribution in [0.15, 0.2) is 42.7 Å². The standard InChI is InChI=1S/C20H25N3O/c24-20(21-11-17-10-9-16-7-4-8-19(16)17)18-12-22-23(14-18)13-15-5-2-1-3-6-15/h1-3,5-6,12,14,16-17,19H,4,7-11,13H2,(H,21,24)/t16-,17+,19-/m0/s1. The molecule has 1 aromatic heterocycles. The Morgan fingerprint density at radius 3 is 2.92 bits per heavy atom. The highest BCUT2D eigenvalue weighted by molar-refractivity contribution is 5.93. The van der Waals surface area contributed by atoms with Crippen molar-refractivity contribution in [1.29, 1.82) is 0 Å². The van der Waals surface area contributed by atoms with E-state index in [0.717, 1.165) is 18.4 Å². The van der Waals surface area contributed by atoms with Crippen LogP contribution in [0.25, 0.3) is 0 Å². The van der Waals surface area contributed by atoms with Crippen LogP contribution in [-0.2, 0) is 6.54 Å². The van der Waals surface area contributed by atoms with Crippen molar-refractivity contribution < 1.29 is 4.79 Å². The van der Waals surface area contributed by atoms with Crippen molar-refractivity contribution in [3.63, 3.8) is 0 Å². The van der Waals surface area contributed by atoms with Crippen molar-refractivity contribution in [3.05, 3.63) is 53.9 Å². The minimum absolute atomic E-state index is 0.00996. The number of aromatic nitrogens is 2. The van der Waals surface area contributed by atoms with Crippen LogP contribution in [0.5, 0.6) is 0 Å². The molecule has 0 unspecified atom stereocenters. The molecule has 24 heavy (non-hydrogen) atoms. The highest BCUT2D eigenvalue weighted by Gasteiger charge is 2.38. The summed E-state index contributed by atoms with van der Waals surface area (Å²) in [4.78, 5) is 12.4. The molecule has 3 atom stereocenters. The maximum atomic E-state index is 12.4. The summed E-state index contributed by atoms with van der Waals surface area (Å²) in [5, 5.41) is 7.46. The smallest absolute Gasteiger partial charge is 0.254 e. The quantitative estimate of drug-likeness (QED) is 0.915. The Kier molecular flexibility index (Phi) is 4.37. The normalized spacial score (nSPS) is 25.6. The largest absolute Gasteiger partial charge is 0.352 e. The monoisotopic (exact) mass is 323 g/mol. The second-order valence-corrected chi connectivity index (χ2v) is 7.31. The van der Waals surface area contributed by atoms with Gasteiger partial charge in [-0.25, -0.2) is 0 Å². The molecule has 2 aromatic rings. The lowest BCUT2D eigenvalue weighted by molar-refractivity contribution is 0.0943. The van der Waals surface area contributed by atoms with Gasteiger partial charge in [-0.3, -0.25) is 9.48 Å². The molecule has 4 rings (SSSR count). The summed E-state index contributed by atoms with van der Waals surface area (Å²) in [7, 11) is 0. The molecule has 0 saturated heterocycles. The summed E-state index contributed by atoms with van der Waals surface area (Å²) in [5.41, 5.74) is 1.85. The zero-order chi connectivity index (χ0) is 16.4. The van der Waals surface area contributed by atoms with Crippen LogP contribution in [0.3, 0.4) is 0 Å². The van der Waals surface area contributed by atoms with Gasteiger partial charge in [0.1, 0.15) is 0 Å². The molecule has 0 spiro atoms. The number of hydrogen-bond donors (Lipinski definition) is 1. The average molecular weight is 323 g/mol. The maximum Gasteiger partial charge on any atom is 0.254 e. The Bertz CT molecular complexity index is 694. The first-order valence-electron chi connectivity index (χ1n) is 9.14. The van der Waals surface area contributed by atoms with E-state index >= 15 is 0 Å². The van der Waals surface area contributed by atoms with Gasteiger partial charge in [0, 0.05) is 12.7 Å². The second kappa shape index (κ2) is 6.80. The Balaban J connectivity index is 1.32. The topological polar surface area (TPSA) is 46.9 Å². The second-order valence-electron chi connectivity index (χ2n) is 7.31. The van der Waals surface area contributed by atoms with Crippen LogP contribution in [0.2, 0.25) is 0 Å². The fourth-order valence-electron chi connectivity index (χ4n) is 4.60. The minimum Gasteiger partial charge on any atom is -0.352 e. The minimum atomic E-state index is 0.00996. The lowest BCUT2D eigenvalue weighted by atomic mass is 9.92. The lowest BCUT2D eigenvalue weighted by Crippen LogP contribution is -2.30. The van der Waals surface area contributed by atoms with E-state index in [0.29, 0.717) is 18.0 Å². The first-order chi connectivity index (χ1) is 11.8. The van der Waals surface area contributed by atoms with Gasteiger partial charge in [-0.05, 0) is 42.6 Å². The summed E-state index contributed by atoms with van der Waals surface area (Å²) in [6.07, 6.45) is 10.3. The number of hydrogen-bond acceptors (Lipinski definition) is 2. The molecule has 4 heteroatoms. The van der Waals surface area contributed by atoms with Gasteiger partial charge in [-0.2, -0.15) is 5.10 Å². The molecule has 2 aliphatic rings. The fourth-order valence-corrected chi connectivity index (χ4v) is 4.60. The third kappa shape index (κ3) is 3.23. The lowest BCUT2D eigenvalue weighted by Gasteiger charge is -2.18. The summed E-state index contributed by atoms with van der Waals surface area (Å²) in [5.74, 6) is 2.48. The zero-order valence-corrected chi connectivity index (χ0v) is 14.0. The Hall–Kier alpha value is -2.10. The van der Waals surface area contributed by atoms with E-state index in [9.17, 15) is 4.79 Å². The van der Waals surface area contributed by atoms with Gasteiger partial charge in [0.25, 0.3) is 5.91 Å². The van der Waals surface area contributed by atoms with Gasteiger partial charge in [-0.1, -0.05) is 43.2 Å². The van der Waals surface area contributed by atoms with Crippen LogP contribution in [0.1, 0.15) is 48.0 Å². The number of carbonyl (C=O) groups is 1. The molecule has 126 valence electrons. The predicted octanol–water partition coefficient (Wildman–Crippen LogP) is 3.49. The van der Waals surface area contributed by atoms with E-state index < -0.39 is 0 Å². The van der Waals surface area contributed by atoms with Crippen molar-refractivity contribution in [3.8, 4) is 0 Å². The number of rotatable bonds is 5. The van der Waals surface area contributed by atoms with Crippen LogP contribution < -0.4 is 5.32 Å². The Morgan fingerprint density at radius 1 is 1.17 bits per heavy atom. The van der Waals surface area contributed by atoms with Crippen molar-refractivity contribution in [2.24, 2.45) is 17.8 Å². The van der Waals surface area contributed by atoms with Gasteiger partial charge in [0.05, 0.1) is 18.3 Å². The predicted molar refractivity (Wildman–Crippen MR) is 93.7 cm³/mol. The van der Waals surface area contributed by atoms with E-state index in [4.69, 9.17) is 0 Å². The Labute approximate surface area is 143 Å². The van der Waals surface area contributed by atoms with Gasteiger partial charge in [0.15, 0.2) is 0 Å². The fraction of sp³-hybridized carbons (Fsp3) is 0.500. The van der Waals surface area contributed by atoms with Gasteiger partial charge >= 0.3 is 0 Å². The van der Waals surface area contributed by atoms with Gasteiger partial charge in [-0.15, -0.1) is 0 Å². The number of nitrogens with zero attached hydrogens (tertiary/aromatic N) is 2. The van der Waals surface area contributed by atoms with Crippen molar-refractivity contribution >= 4 is 5.91 Å². The molecule has 0 bridgehead atoms. The molecule has 0 radical (unpaired) electrons. The number of amides is 1. The van der Waals surface area contributed by atoms with E-state index in [1.54, 1.807) is 6.20 Å². The molecule has 1 amide bonds. The molecule has 2 fully saturated rings. The zero-order valence-electron chi connectivity index (χ0n) is 14.0. The molecule has 2 aliphatic carbocycles. The van der Waals surface area contributed by atoms with Gasteiger partial charge < -0.3 is 5.32 Å². The van der Waals surface area contributed by atoms with Crippen LogP contribution in [0.4, 0.5) is 0 Å². The third-order valence-electron chi connectivity index (χ3n) is 5.84. The first kappa shape index (κ1) is 15.4. The van der Waals surface area contributed by atoms with Crippen LogP contribution in [-0.4, -0.2) is 22.2 Å². The summed E-state index contributed by atoms with van der Waals surface area (Å²) >= 11 is 0. The number of nitrogens with one attached hydrogen (secondary N) is 1. The first-order valence-corrected chi connectivity index (χ1v) is 9.14. The number of carbonyl (C=O) groups excluding carboxylic acids is 1.